The molecular formula is C42H63NO3. The highest BCUT2D eigenvalue weighted by Gasteiger charge is 2.39. The first-order valence-corrected chi connectivity index (χ1v) is 18.9. The molecule has 1 fully saturated rings. The zero-order chi connectivity index (χ0) is 32.9. The fourth-order valence-electron chi connectivity index (χ4n) is 6.97. The summed E-state index contributed by atoms with van der Waals surface area (Å²) in [5, 5.41) is 10.00. The van der Waals surface area contributed by atoms with E-state index in [0.29, 0.717) is 18.1 Å². The van der Waals surface area contributed by atoms with Crippen LogP contribution in [0.4, 0.5) is 0 Å². The van der Waals surface area contributed by atoms with Crippen LogP contribution in [-0.2, 0) is 4.79 Å². The topological polar surface area (TPSA) is 59.3 Å². The number of unbranched alkanes of at least 4 members (excludes halogenated alkanes) is 13. The van der Waals surface area contributed by atoms with Crippen molar-refractivity contribution < 1.29 is 14.3 Å². The number of rotatable bonds is 23. The Morgan fingerprint density at radius 1 is 0.674 bits per heavy atom. The summed E-state index contributed by atoms with van der Waals surface area (Å²) in [5.74, 6) is 2.17. The Kier molecular flexibility index (Phi) is 17.9. The molecule has 3 rings (SSSR count). The van der Waals surface area contributed by atoms with Crippen molar-refractivity contribution in [1.82, 2.24) is 0 Å². The summed E-state index contributed by atoms with van der Waals surface area (Å²) in [4.78, 5) is 13.2. The van der Waals surface area contributed by atoms with Crippen molar-refractivity contribution >= 4 is 5.97 Å². The number of carbonyl (C=O) groups is 1. The van der Waals surface area contributed by atoms with Crippen LogP contribution in [0.25, 0.3) is 11.1 Å². The van der Waals surface area contributed by atoms with E-state index in [4.69, 9.17) is 9.47 Å². The largest absolute Gasteiger partial charge is 0.494 e. The molecule has 0 bridgehead atoms. The zero-order valence-corrected chi connectivity index (χ0v) is 29.5. The number of nitrogens with zero attached hydrogens (tertiary/aromatic N) is 1. The van der Waals surface area contributed by atoms with Crippen molar-refractivity contribution in [3.05, 3.63) is 48.5 Å². The van der Waals surface area contributed by atoms with Crippen LogP contribution in [0.2, 0.25) is 0 Å². The fourth-order valence-corrected chi connectivity index (χ4v) is 6.97. The second-order valence-electron chi connectivity index (χ2n) is 14.2. The molecule has 0 radical (unpaired) electrons. The van der Waals surface area contributed by atoms with Gasteiger partial charge >= 0.3 is 5.97 Å². The van der Waals surface area contributed by atoms with Crippen LogP contribution in [0.15, 0.2) is 48.5 Å². The standard InChI is InChI=1S/C42H63NO3/c1-4-6-8-10-11-12-13-14-16-18-32-45-39-28-24-37(25-29-39)38-26-30-40(31-27-38)46-41(44)42(3,34-43)33-36-22-20-35(21-23-36)19-17-15-9-7-5-2/h24-31,35-36H,4-23,32-33H2,1-3H3. The average molecular weight is 630 g/mol. The Balaban J connectivity index is 1.35. The van der Waals surface area contributed by atoms with Crippen molar-refractivity contribution in [2.45, 2.75) is 156 Å². The van der Waals surface area contributed by atoms with E-state index in [-0.39, 0.29) is 0 Å². The van der Waals surface area contributed by atoms with Gasteiger partial charge in [0.1, 0.15) is 11.5 Å². The average Bonchev–Trinajstić information content (AvgIpc) is 3.08. The van der Waals surface area contributed by atoms with Crippen molar-refractivity contribution in [1.29, 1.82) is 5.26 Å². The van der Waals surface area contributed by atoms with Gasteiger partial charge in [-0.1, -0.05) is 160 Å². The van der Waals surface area contributed by atoms with E-state index in [1.54, 1.807) is 6.92 Å². The maximum atomic E-state index is 13.2. The van der Waals surface area contributed by atoms with Gasteiger partial charge in [0.25, 0.3) is 0 Å². The molecule has 1 saturated carbocycles. The van der Waals surface area contributed by atoms with E-state index in [1.165, 1.54) is 109 Å². The molecule has 0 aliphatic heterocycles. The molecular weight excluding hydrogens is 566 g/mol. The summed E-state index contributed by atoms with van der Waals surface area (Å²) in [7, 11) is 0. The molecule has 0 heterocycles. The smallest absolute Gasteiger partial charge is 0.331 e. The molecule has 0 N–H and O–H groups in total. The molecule has 1 atom stereocenters. The number of nitriles is 1. The van der Waals surface area contributed by atoms with Crippen molar-refractivity contribution in [2.24, 2.45) is 17.3 Å². The molecule has 0 spiro atoms. The minimum Gasteiger partial charge on any atom is -0.494 e. The van der Waals surface area contributed by atoms with Gasteiger partial charge in [-0.2, -0.15) is 5.26 Å². The summed E-state index contributed by atoms with van der Waals surface area (Å²) < 4.78 is 11.7. The third-order valence-electron chi connectivity index (χ3n) is 10.1. The highest BCUT2D eigenvalue weighted by atomic mass is 16.5. The number of hydrogen-bond donors (Lipinski definition) is 0. The Bertz CT molecular complexity index is 1130. The van der Waals surface area contributed by atoms with Gasteiger partial charge in [-0.25, -0.2) is 4.79 Å². The van der Waals surface area contributed by atoms with Gasteiger partial charge in [0.15, 0.2) is 5.41 Å². The van der Waals surface area contributed by atoms with Gasteiger partial charge in [0.05, 0.1) is 12.7 Å². The molecule has 46 heavy (non-hydrogen) atoms. The maximum absolute atomic E-state index is 13.2. The van der Waals surface area contributed by atoms with Crippen LogP contribution >= 0.6 is 0 Å². The number of carbonyl (C=O) groups excluding carboxylic acids is 1. The van der Waals surface area contributed by atoms with E-state index in [9.17, 15) is 10.1 Å². The lowest BCUT2D eigenvalue weighted by molar-refractivity contribution is -0.142. The molecule has 1 aliphatic rings. The third-order valence-corrected chi connectivity index (χ3v) is 10.1. The highest BCUT2D eigenvalue weighted by Crippen LogP contribution is 2.39. The first-order chi connectivity index (χ1) is 22.5. The molecule has 4 heteroatoms. The van der Waals surface area contributed by atoms with E-state index in [1.807, 2.05) is 36.4 Å². The number of benzene rings is 2. The summed E-state index contributed by atoms with van der Waals surface area (Å²) >= 11 is 0. The fraction of sp³-hybridized carbons (Fsp3) is 0.667. The summed E-state index contributed by atoms with van der Waals surface area (Å²) in [5.41, 5.74) is 1.01. The molecule has 4 nitrogen and oxygen atoms in total. The maximum Gasteiger partial charge on any atom is 0.331 e. The zero-order valence-electron chi connectivity index (χ0n) is 29.5. The summed E-state index contributed by atoms with van der Waals surface area (Å²) in [6, 6.07) is 18.1. The van der Waals surface area contributed by atoms with Gasteiger partial charge in [-0.3, -0.25) is 0 Å². The Labute approximate surface area is 281 Å². The van der Waals surface area contributed by atoms with Crippen LogP contribution in [0.5, 0.6) is 11.5 Å². The normalized spacial score (nSPS) is 17.6. The van der Waals surface area contributed by atoms with Crippen LogP contribution in [-0.4, -0.2) is 12.6 Å². The number of hydrogen-bond acceptors (Lipinski definition) is 4. The van der Waals surface area contributed by atoms with Gasteiger partial charge < -0.3 is 9.47 Å². The molecule has 1 aliphatic carbocycles. The van der Waals surface area contributed by atoms with Gasteiger partial charge in [-0.05, 0) is 67.0 Å². The Morgan fingerprint density at radius 2 is 1.13 bits per heavy atom. The van der Waals surface area contributed by atoms with Crippen LogP contribution in [0.3, 0.4) is 0 Å². The van der Waals surface area contributed by atoms with Crippen molar-refractivity contribution in [3.8, 4) is 28.7 Å². The van der Waals surface area contributed by atoms with Gasteiger partial charge in [0.2, 0.25) is 0 Å². The number of ether oxygens (including phenoxy) is 2. The summed E-state index contributed by atoms with van der Waals surface area (Å²) in [6.07, 6.45) is 26.5. The molecule has 2 aromatic rings. The van der Waals surface area contributed by atoms with Gasteiger partial charge in [-0.15, -0.1) is 0 Å². The van der Waals surface area contributed by atoms with Crippen LogP contribution in [0, 0.1) is 28.6 Å². The predicted molar refractivity (Wildman–Crippen MR) is 192 cm³/mol. The highest BCUT2D eigenvalue weighted by molar-refractivity contribution is 5.82. The molecule has 0 saturated heterocycles. The minimum atomic E-state index is -1.12. The monoisotopic (exact) mass is 629 g/mol. The molecule has 0 amide bonds. The first-order valence-electron chi connectivity index (χ1n) is 18.9. The molecule has 0 aromatic heterocycles. The minimum absolute atomic E-state index is 0.415. The lowest BCUT2D eigenvalue weighted by atomic mass is 9.72. The second-order valence-corrected chi connectivity index (χ2v) is 14.2. The van der Waals surface area contributed by atoms with E-state index < -0.39 is 11.4 Å². The summed E-state index contributed by atoms with van der Waals surface area (Å²) in [6.45, 7) is 7.05. The van der Waals surface area contributed by atoms with Gasteiger partial charge in [0, 0.05) is 0 Å². The van der Waals surface area contributed by atoms with Crippen molar-refractivity contribution in [2.75, 3.05) is 6.61 Å². The van der Waals surface area contributed by atoms with Crippen molar-refractivity contribution in [3.63, 3.8) is 0 Å². The second kappa shape index (κ2) is 21.9. The quantitative estimate of drug-likeness (QED) is 0.0697. The number of esters is 1. The van der Waals surface area contributed by atoms with Crippen LogP contribution < -0.4 is 9.47 Å². The third kappa shape index (κ3) is 13.9. The van der Waals surface area contributed by atoms with E-state index in [2.05, 4.69) is 32.0 Å². The van der Waals surface area contributed by atoms with E-state index >= 15 is 0 Å². The molecule has 2 aromatic carbocycles. The first kappa shape index (κ1) is 37.7. The van der Waals surface area contributed by atoms with E-state index in [0.717, 1.165) is 48.7 Å². The molecule has 254 valence electrons. The van der Waals surface area contributed by atoms with Crippen LogP contribution in [0.1, 0.15) is 156 Å². The Hall–Kier alpha value is -2.80. The lowest BCUT2D eigenvalue weighted by Gasteiger charge is -2.32. The lowest BCUT2D eigenvalue weighted by Crippen LogP contribution is -2.33. The Morgan fingerprint density at radius 3 is 1.65 bits per heavy atom. The molecule has 1 unspecified atom stereocenters. The predicted octanol–water partition coefficient (Wildman–Crippen LogP) is 12.6. The SMILES string of the molecule is CCCCCCCCCCCCOc1ccc(-c2ccc(OC(=O)C(C)(C#N)CC3CCC(CCCCCCC)CC3)cc2)cc1.